The van der Waals surface area contributed by atoms with Crippen molar-refractivity contribution >= 4 is 27.5 Å². The summed E-state index contributed by atoms with van der Waals surface area (Å²) < 4.78 is 7.28. The molecule has 0 saturated heterocycles. The van der Waals surface area contributed by atoms with E-state index in [9.17, 15) is 5.26 Å². The highest BCUT2D eigenvalue weighted by Gasteiger charge is 2.10. The van der Waals surface area contributed by atoms with Gasteiger partial charge in [-0.1, -0.05) is 18.2 Å². The van der Waals surface area contributed by atoms with Crippen LogP contribution >= 0.6 is 0 Å². The number of aryl methyl sites for hydroxylation is 1. The number of pyridine rings is 1. The van der Waals surface area contributed by atoms with Crippen LogP contribution in [0.2, 0.25) is 0 Å². The maximum Gasteiger partial charge on any atom is 0.119 e. The van der Waals surface area contributed by atoms with E-state index in [1.54, 1.807) is 13.3 Å². The van der Waals surface area contributed by atoms with E-state index >= 15 is 0 Å². The molecule has 0 aliphatic heterocycles. The zero-order valence-corrected chi connectivity index (χ0v) is 15.0. The smallest absolute Gasteiger partial charge is 0.119 e. The number of hydrogen-bond donors (Lipinski definition) is 1. The van der Waals surface area contributed by atoms with Crippen molar-refractivity contribution in [3.05, 3.63) is 60.4 Å². The quantitative estimate of drug-likeness (QED) is 0.529. The maximum atomic E-state index is 9.44. The number of fused-ring (bicyclic) bond motifs is 2. The minimum atomic E-state index is 0.528. The Morgan fingerprint density at radius 1 is 1.19 bits per heavy atom. The second-order valence-corrected chi connectivity index (χ2v) is 6.27. The topological polar surface area (TPSA) is 75.8 Å². The Kier molecular flexibility index (Phi) is 4.58. The predicted octanol–water partition coefficient (Wildman–Crippen LogP) is 3.97. The van der Waals surface area contributed by atoms with Gasteiger partial charge >= 0.3 is 0 Å². The molecular formula is C21H19N5O. The highest BCUT2D eigenvalue weighted by Crippen LogP contribution is 2.29. The van der Waals surface area contributed by atoms with Crippen molar-refractivity contribution in [2.75, 3.05) is 19.0 Å². The van der Waals surface area contributed by atoms with Crippen LogP contribution in [0.5, 0.6) is 5.75 Å². The van der Waals surface area contributed by atoms with Crippen LogP contribution < -0.4 is 10.1 Å². The molecule has 6 heteroatoms. The van der Waals surface area contributed by atoms with E-state index in [1.807, 2.05) is 41.1 Å². The molecular weight excluding hydrogens is 338 g/mol. The van der Waals surface area contributed by atoms with Crippen LogP contribution in [-0.2, 0) is 6.54 Å². The lowest BCUT2D eigenvalue weighted by molar-refractivity contribution is 0.415. The summed E-state index contributed by atoms with van der Waals surface area (Å²) >= 11 is 0. The third-order valence-electron chi connectivity index (χ3n) is 4.52. The summed E-state index contributed by atoms with van der Waals surface area (Å²) in [6.07, 6.45) is 4.55. The van der Waals surface area contributed by atoms with Crippen LogP contribution in [0, 0.1) is 11.3 Å². The number of nitrogens with zero attached hydrogens (tertiary/aromatic N) is 4. The molecule has 4 rings (SSSR count). The van der Waals surface area contributed by atoms with Crippen molar-refractivity contribution < 1.29 is 4.74 Å². The lowest BCUT2D eigenvalue weighted by atomic mass is 10.1. The molecule has 2 aromatic carbocycles. The molecule has 1 N–H and O–H groups in total. The summed E-state index contributed by atoms with van der Waals surface area (Å²) in [5.74, 6) is 0.741. The first-order valence-corrected chi connectivity index (χ1v) is 8.81. The lowest BCUT2D eigenvalue weighted by Gasteiger charge is -2.12. The van der Waals surface area contributed by atoms with Crippen molar-refractivity contribution in [2.45, 2.75) is 13.0 Å². The molecule has 6 nitrogen and oxygen atoms in total. The first-order valence-electron chi connectivity index (χ1n) is 8.81. The van der Waals surface area contributed by atoms with Crippen LogP contribution in [0.25, 0.3) is 21.8 Å². The van der Waals surface area contributed by atoms with Crippen molar-refractivity contribution in [3.63, 3.8) is 0 Å². The number of nitrogens with one attached hydrogen (secondary N) is 1. The van der Waals surface area contributed by atoms with Gasteiger partial charge in [-0.05, 0) is 30.7 Å². The molecule has 4 aromatic rings. The van der Waals surface area contributed by atoms with E-state index in [0.29, 0.717) is 5.56 Å². The third-order valence-corrected chi connectivity index (χ3v) is 4.52. The van der Waals surface area contributed by atoms with Gasteiger partial charge in [0.1, 0.15) is 11.8 Å². The predicted molar refractivity (Wildman–Crippen MR) is 106 cm³/mol. The van der Waals surface area contributed by atoms with Gasteiger partial charge in [-0.3, -0.25) is 9.67 Å². The summed E-state index contributed by atoms with van der Waals surface area (Å²) in [5.41, 5.74) is 3.16. The fraction of sp³-hybridized carbons (Fsp3) is 0.190. The number of rotatable bonds is 6. The van der Waals surface area contributed by atoms with Gasteiger partial charge in [-0.15, -0.1) is 0 Å². The van der Waals surface area contributed by atoms with E-state index in [4.69, 9.17) is 4.74 Å². The molecule has 0 atom stereocenters. The van der Waals surface area contributed by atoms with E-state index in [-0.39, 0.29) is 0 Å². The van der Waals surface area contributed by atoms with Gasteiger partial charge in [-0.25, -0.2) is 0 Å². The van der Waals surface area contributed by atoms with Gasteiger partial charge in [0.05, 0.1) is 29.4 Å². The SMILES string of the molecule is COc1ccc2ncc(C#N)c(NCCCn3cc4ccccc4n3)c2c1. The average molecular weight is 357 g/mol. The summed E-state index contributed by atoms with van der Waals surface area (Å²) in [4.78, 5) is 4.36. The number of ether oxygens (including phenoxy) is 1. The van der Waals surface area contributed by atoms with Crippen LogP contribution in [0.4, 0.5) is 5.69 Å². The van der Waals surface area contributed by atoms with Gasteiger partial charge in [0.2, 0.25) is 0 Å². The van der Waals surface area contributed by atoms with Crippen LogP contribution in [0.3, 0.4) is 0 Å². The Balaban J connectivity index is 1.50. The second-order valence-electron chi connectivity index (χ2n) is 6.27. The minimum Gasteiger partial charge on any atom is -0.497 e. The fourth-order valence-electron chi connectivity index (χ4n) is 3.16. The Morgan fingerprint density at radius 3 is 2.89 bits per heavy atom. The molecule has 2 aromatic heterocycles. The van der Waals surface area contributed by atoms with Crippen LogP contribution in [0.15, 0.2) is 54.9 Å². The first-order chi connectivity index (χ1) is 13.3. The standard InChI is InChI=1S/C21H19N5O/c1-27-17-7-8-20-18(11-17)21(16(12-22)13-24-20)23-9-4-10-26-14-15-5-2-3-6-19(15)25-26/h2-3,5-8,11,13-14H,4,9-10H2,1H3,(H,23,24). The van der Waals surface area contributed by atoms with Gasteiger partial charge in [0.15, 0.2) is 0 Å². The Hall–Kier alpha value is -3.59. The summed E-state index contributed by atoms with van der Waals surface area (Å²) in [5, 5.41) is 19.5. The summed E-state index contributed by atoms with van der Waals surface area (Å²) in [6, 6.07) is 16.0. The Bertz CT molecular complexity index is 1110. The van der Waals surface area contributed by atoms with Crippen molar-refractivity contribution in [3.8, 4) is 11.8 Å². The van der Waals surface area contributed by atoms with Crippen LogP contribution in [0.1, 0.15) is 12.0 Å². The monoisotopic (exact) mass is 357 g/mol. The van der Waals surface area contributed by atoms with Crippen molar-refractivity contribution in [2.24, 2.45) is 0 Å². The van der Waals surface area contributed by atoms with Gasteiger partial charge < -0.3 is 10.1 Å². The largest absolute Gasteiger partial charge is 0.497 e. The van der Waals surface area contributed by atoms with Gasteiger partial charge in [0.25, 0.3) is 0 Å². The molecule has 134 valence electrons. The van der Waals surface area contributed by atoms with E-state index in [2.05, 4.69) is 33.7 Å². The average Bonchev–Trinajstić information content (AvgIpc) is 3.13. The zero-order valence-electron chi connectivity index (χ0n) is 15.0. The molecule has 0 saturated carbocycles. The lowest BCUT2D eigenvalue weighted by Crippen LogP contribution is -2.08. The van der Waals surface area contributed by atoms with E-state index in [1.165, 1.54) is 0 Å². The fourth-order valence-corrected chi connectivity index (χ4v) is 3.16. The molecule has 0 aliphatic carbocycles. The Labute approximate surface area is 157 Å². The highest BCUT2D eigenvalue weighted by molar-refractivity contribution is 5.94. The Morgan fingerprint density at radius 2 is 2.07 bits per heavy atom. The number of nitriles is 1. The summed E-state index contributed by atoms with van der Waals surface area (Å²) in [7, 11) is 1.63. The second kappa shape index (κ2) is 7.34. The van der Waals surface area contributed by atoms with Crippen molar-refractivity contribution in [1.29, 1.82) is 5.26 Å². The zero-order chi connectivity index (χ0) is 18.6. The molecule has 27 heavy (non-hydrogen) atoms. The molecule has 0 radical (unpaired) electrons. The van der Waals surface area contributed by atoms with E-state index < -0.39 is 0 Å². The maximum absolute atomic E-state index is 9.44. The van der Waals surface area contributed by atoms with Gasteiger partial charge in [0, 0.05) is 36.3 Å². The van der Waals surface area contributed by atoms with E-state index in [0.717, 1.165) is 52.8 Å². The number of aromatic nitrogens is 3. The normalized spacial score (nSPS) is 10.8. The highest BCUT2D eigenvalue weighted by atomic mass is 16.5. The van der Waals surface area contributed by atoms with Crippen LogP contribution in [-0.4, -0.2) is 28.4 Å². The molecule has 0 bridgehead atoms. The van der Waals surface area contributed by atoms with Crippen molar-refractivity contribution in [1.82, 2.24) is 14.8 Å². The minimum absolute atomic E-state index is 0.528. The first kappa shape index (κ1) is 16.9. The number of methoxy groups -OCH3 is 1. The number of hydrogen-bond acceptors (Lipinski definition) is 5. The van der Waals surface area contributed by atoms with Gasteiger partial charge in [-0.2, -0.15) is 10.4 Å². The molecule has 0 spiro atoms. The molecule has 2 heterocycles. The number of anilines is 1. The molecule has 0 unspecified atom stereocenters. The number of benzene rings is 2. The third kappa shape index (κ3) is 3.40. The molecule has 0 amide bonds. The molecule has 0 aliphatic rings. The molecule has 0 fully saturated rings. The summed E-state index contributed by atoms with van der Waals surface area (Å²) in [6.45, 7) is 1.52.